The fourth-order valence-corrected chi connectivity index (χ4v) is 0.935. The third-order valence-corrected chi connectivity index (χ3v) is 1.38. The topological polar surface area (TPSA) is 40.5 Å². The summed E-state index contributed by atoms with van der Waals surface area (Å²) in [6.45, 7) is 0. The van der Waals surface area contributed by atoms with Gasteiger partial charge in [-0.3, -0.25) is 0 Å². The molecule has 1 radical (unpaired) electrons. The van der Waals surface area contributed by atoms with Gasteiger partial charge in [0.25, 0.3) is 0 Å². The molecule has 0 amide bonds. The predicted molar refractivity (Wildman–Crippen MR) is 31.6 cm³/mol. The Balaban J connectivity index is 0.000000490. The van der Waals surface area contributed by atoms with Crippen LogP contribution in [0.25, 0.3) is 0 Å². The normalized spacial score (nSPS) is 36.8. The van der Waals surface area contributed by atoms with E-state index in [2.05, 4.69) is 0 Å². The minimum Gasteiger partial charge on any atom is -0.393 e. The molecule has 8 heavy (non-hydrogen) atoms. The smallest absolute Gasteiger partial charge is 0.0565 e. The molecule has 2 N–H and O–H groups in total. The van der Waals surface area contributed by atoms with Crippen molar-refractivity contribution in [3.8, 4) is 0 Å². The van der Waals surface area contributed by atoms with Crippen LogP contribution in [0.1, 0.15) is 19.3 Å². The van der Waals surface area contributed by atoms with Crippen LogP contribution < -0.4 is 0 Å². The molecule has 0 aromatic carbocycles. The predicted octanol–water partition coefficient (Wildman–Crippen LogP) is -0.489. The zero-order valence-corrected chi connectivity index (χ0v) is 7.17. The van der Waals surface area contributed by atoms with E-state index in [0.717, 1.165) is 12.8 Å². The molecule has 0 saturated heterocycles. The van der Waals surface area contributed by atoms with Crippen molar-refractivity contribution in [1.29, 1.82) is 0 Å². The van der Waals surface area contributed by atoms with Gasteiger partial charge in [-0.15, -0.1) is 0 Å². The maximum Gasteiger partial charge on any atom is 0.0565 e. The van der Waals surface area contributed by atoms with Crippen molar-refractivity contribution in [2.45, 2.75) is 31.5 Å². The molecule has 1 fully saturated rings. The van der Waals surface area contributed by atoms with Gasteiger partial charge < -0.3 is 10.2 Å². The Bertz CT molecular complexity index is 59.4. The van der Waals surface area contributed by atoms with E-state index in [1.165, 1.54) is 0 Å². The number of hydrogen-bond donors (Lipinski definition) is 2. The van der Waals surface area contributed by atoms with E-state index in [1.54, 1.807) is 0 Å². The van der Waals surface area contributed by atoms with E-state index in [1.807, 2.05) is 0 Å². The summed E-state index contributed by atoms with van der Waals surface area (Å²) in [4.78, 5) is 0. The SMILES string of the molecule is OC1CCC(O)C1.[Na]. The van der Waals surface area contributed by atoms with Gasteiger partial charge in [-0.25, -0.2) is 0 Å². The molecule has 0 heterocycles. The maximum absolute atomic E-state index is 8.74. The second-order valence-corrected chi connectivity index (χ2v) is 2.12. The van der Waals surface area contributed by atoms with E-state index in [4.69, 9.17) is 10.2 Å². The third kappa shape index (κ3) is 2.46. The maximum atomic E-state index is 8.74. The minimum absolute atomic E-state index is 0. The minimum atomic E-state index is -0.227. The zero-order chi connectivity index (χ0) is 5.28. The fourth-order valence-electron chi connectivity index (χ4n) is 0.935. The van der Waals surface area contributed by atoms with E-state index >= 15 is 0 Å². The first-order valence-electron chi connectivity index (χ1n) is 2.65. The van der Waals surface area contributed by atoms with Crippen LogP contribution in [-0.4, -0.2) is 52.0 Å². The monoisotopic (exact) mass is 125 g/mol. The van der Waals surface area contributed by atoms with Gasteiger partial charge in [0, 0.05) is 29.6 Å². The Kier molecular flexibility index (Phi) is 4.30. The van der Waals surface area contributed by atoms with Crippen LogP contribution in [0.2, 0.25) is 0 Å². The van der Waals surface area contributed by atoms with Crippen molar-refractivity contribution in [2.75, 3.05) is 0 Å². The van der Waals surface area contributed by atoms with Crippen LogP contribution in [-0.2, 0) is 0 Å². The molecule has 2 unspecified atom stereocenters. The molecule has 1 aliphatic carbocycles. The van der Waals surface area contributed by atoms with Crippen molar-refractivity contribution in [3.63, 3.8) is 0 Å². The van der Waals surface area contributed by atoms with Gasteiger partial charge in [0.15, 0.2) is 0 Å². The summed E-state index contributed by atoms with van der Waals surface area (Å²) in [6, 6.07) is 0. The van der Waals surface area contributed by atoms with Crippen LogP contribution >= 0.6 is 0 Å². The fraction of sp³-hybridized carbons (Fsp3) is 1.00. The molecule has 0 aliphatic heterocycles. The van der Waals surface area contributed by atoms with Crippen LogP contribution in [0.3, 0.4) is 0 Å². The molecule has 1 saturated carbocycles. The Morgan fingerprint density at radius 1 is 1.00 bits per heavy atom. The average Bonchev–Trinajstić information content (AvgIpc) is 1.87. The Morgan fingerprint density at radius 2 is 1.38 bits per heavy atom. The Hall–Kier alpha value is 0.920. The molecule has 3 heteroatoms. The second kappa shape index (κ2) is 3.85. The van der Waals surface area contributed by atoms with Crippen molar-refractivity contribution >= 4 is 29.6 Å². The first kappa shape index (κ1) is 8.92. The molecule has 0 aromatic heterocycles. The largest absolute Gasteiger partial charge is 0.393 e. The summed E-state index contributed by atoms with van der Waals surface area (Å²) in [7, 11) is 0. The first-order chi connectivity index (χ1) is 3.29. The number of aliphatic hydroxyl groups is 2. The summed E-state index contributed by atoms with van der Waals surface area (Å²) >= 11 is 0. The number of hydrogen-bond acceptors (Lipinski definition) is 2. The van der Waals surface area contributed by atoms with Gasteiger partial charge in [0.05, 0.1) is 12.2 Å². The van der Waals surface area contributed by atoms with Crippen molar-refractivity contribution in [1.82, 2.24) is 0 Å². The first-order valence-corrected chi connectivity index (χ1v) is 2.65. The summed E-state index contributed by atoms with van der Waals surface area (Å²) in [5.74, 6) is 0. The van der Waals surface area contributed by atoms with E-state index in [-0.39, 0.29) is 41.8 Å². The Labute approximate surface area is 71.2 Å². The second-order valence-electron chi connectivity index (χ2n) is 2.12. The number of rotatable bonds is 0. The summed E-state index contributed by atoms with van der Waals surface area (Å²) in [6.07, 6.45) is 1.69. The molecular weight excluding hydrogens is 115 g/mol. The summed E-state index contributed by atoms with van der Waals surface area (Å²) in [5.41, 5.74) is 0. The quantitative estimate of drug-likeness (QED) is 0.429. The molecule has 0 spiro atoms. The Morgan fingerprint density at radius 3 is 1.50 bits per heavy atom. The summed E-state index contributed by atoms with van der Waals surface area (Å²) in [5, 5.41) is 17.5. The van der Waals surface area contributed by atoms with Crippen LogP contribution in [0, 0.1) is 0 Å². The van der Waals surface area contributed by atoms with Crippen molar-refractivity contribution < 1.29 is 10.2 Å². The molecule has 0 bridgehead atoms. The molecule has 1 rings (SSSR count). The molecular formula is C5H10NaO2. The molecule has 43 valence electrons. The molecule has 0 aromatic rings. The van der Waals surface area contributed by atoms with Crippen molar-refractivity contribution in [3.05, 3.63) is 0 Å². The zero-order valence-electron chi connectivity index (χ0n) is 5.17. The van der Waals surface area contributed by atoms with E-state index < -0.39 is 0 Å². The molecule has 1 aliphatic rings. The van der Waals surface area contributed by atoms with E-state index in [0.29, 0.717) is 6.42 Å². The number of aliphatic hydroxyl groups excluding tert-OH is 2. The van der Waals surface area contributed by atoms with Gasteiger partial charge in [-0.05, 0) is 19.3 Å². The van der Waals surface area contributed by atoms with Crippen LogP contribution in [0.15, 0.2) is 0 Å². The van der Waals surface area contributed by atoms with Crippen molar-refractivity contribution in [2.24, 2.45) is 0 Å². The molecule has 2 atom stereocenters. The summed E-state index contributed by atoms with van der Waals surface area (Å²) < 4.78 is 0. The van der Waals surface area contributed by atoms with Crippen LogP contribution in [0.4, 0.5) is 0 Å². The van der Waals surface area contributed by atoms with Crippen LogP contribution in [0.5, 0.6) is 0 Å². The van der Waals surface area contributed by atoms with Gasteiger partial charge >= 0.3 is 0 Å². The van der Waals surface area contributed by atoms with Gasteiger partial charge in [-0.1, -0.05) is 0 Å². The van der Waals surface area contributed by atoms with Gasteiger partial charge in [0.2, 0.25) is 0 Å². The average molecular weight is 125 g/mol. The van der Waals surface area contributed by atoms with E-state index in [9.17, 15) is 0 Å². The molecule has 2 nitrogen and oxygen atoms in total. The van der Waals surface area contributed by atoms with Gasteiger partial charge in [-0.2, -0.15) is 0 Å². The third-order valence-electron chi connectivity index (χ3n) is 1.38. The van der Waals surface area contributed by atoms with Gasteiger partial charge in [0.1, 0.15) is 0 Å². The standard InChI is InChI=1S/C5H10O2.Na/c6-4-1-2-5(7)3-4;/h4-7H,1-3H2;.